The summed E-state index contributed by atoms with van der Waals surface area (Å²) in [5.74, 6) is -0.574. The van der Waals surface area contributed by atoms with Crippen LogP contribution in [0.15, 0.2) is 66.0 Å². The average Bonchev–Trinajstić information content (AvgIpc) is 3.38. The molecule has 0 fully saturated rings. The molecule has 0 aliphatic heterocycles. The van der Waals surface area contributed by atoms with Gasteiger partial charge < -0.3 is 10.6 Å². The van der Waals surface area contributed by atoms with Crippen LogP contribution in [-0.2, 0) is 14.8 Å². The molecule has 0 aliphatic rings. The predicted octanol–water partition coefficient (Wildman–Crippen LogP) is 2.69. The predicted molar refractivity (Wildman–Crippen MR) is 133 cm³/mol. The molecule has 0 bridgehead atoms. The fourth-order valence-corrected chi connectivity index (χ4v) is 4.99. The first-order chi connectivity index (χ1) is 16.7. The smallest absolute Gasteiger partial charge is 0.251 e. The van der Waals surface area contributed by atoms with Crippen LogP contribution in [0.1, 0.15) is 38.1 Å². The Morgan fingerprint density at radius 1 is 1.09 bits per heavy atom. The highest BCUT2D eigenvalue weighted by atomic mass is 32.2. The second-order valence-corrected chi connectivity index (χ2v) is 10.1. The SMILES string of the molecule is CCN(CC)S(=O)(=O)c1cccc(C(=O)NC(C(=O)Nc2ccc(-n3cccn3)nc2)C(C)C)c1. The Morgan fingerprint density at radius 2 is 1.83 bits per heavy atom. The van der Waals surface area contributed by atoms with Crippen molar-refractivity contribution >= 4 is 27.5 Å². The summed E-state index contributed by atoms with van der Waals surface area (Å²) in [6, 6.07) is 10.2. The molecule has 0 spiro atoms. The van der Waals surface area contributed by atoms with Crippen molar-refractivity contribution in [3.05, 3.63) is 66.6 Å². The molecule has 2 aromatic heterocycles. The number of sulfonamides is 1. The van der Waals surface area contributed by atoms with Gasteiger partial charge in [-0.05, 0) is 42.3 Å². The number of carbonyl (C=O) groups excluding carboxylic acids is 2. The molecule has 3 aromatic rings. The third-order valence-electron chi connectivity index (χ3n) is 5.43. The Hall–Kier alpha value is -3.57. The molecular formula is C24H30N6O4S. The van der Waals surface area contributed by atoms with E-state index in [4.69, 9.17) is 0 Å². The van der Waals surface area contributed by atoms with Gasteiger partial charge >= 0.3 is 0 Å². The molecule has 2 N–H and O–H groups in total. The first-order valence-electron chi connectivity index (χ1n) is 11.3. The molecule has 1 unspecified atom stereocenters. The molecule has 1 aromatic carbocycles. The van der Waals surface area contributed by atoms with E-state index < -0.39 is 27.9 Å². The van der Waals surface area contributed by atoms with Gasteiger partial charge in [0.05, 0.1) is 16.8 Å². The van der Waals surface area contributed by atoms with Crippen molar-refractivity contribution in [2.75, 3.05) is 18.4 Å². The van der Waals surface area contributed by atoms with Crippen molar-refractivity contribution in [2.45, 2.75) is 38.6 Å². The van der Waals surface area contributed by atoms with Gasteiger partial charge in [-0.15, -0.1) is 0 Å². The summed E-state index contributed by atoms with van der Waals surface area (Å²) in [4.78, 5) is 30.2. The Balaban J connectivity index is 1.73. The molecule has 11 heteroatoms. The maximum atomic E-state index is 13.0. The van der Waals surface area contributed by atoms with Gasteiger partial charge in [0.1, 0.15) is 6.04 Å². The van der Waals surface area contributed by atoms with Gasteiger partial charge in [-0.3, -0.25) is 9.59 Å². The van der Waals surface area contributed by atoms with Gasteiger partial charge in [0.25, 0.3) is 5.91 Å². The van der Waals surface area contributed by atoms with Gasteiger partial charge in [0.2, 0.25) is 15.9 Å². The number of hydrogen-bond acceptors (Lipinski definition) is 6. The monoisotopic (exact) mass is 498 g/mol. The van der Waals surface area contributed by atoms with Crippen LogP contribution in [0, 0.1) is 5.92 Å². The Labute approximate surface area is 205 Å². The largest absolute Gasteiger partial charge is 0.340 e. The van der Waals surface area contributed by atoms with E-state index in [9.17, 15) is 18.0 Å². The van der Waals surface area contributed by atoms with Gasteiger partial charge in [0.15, 0.2) is 5.82 Å². The number of benzene rings is 1. The lowest BCUT2D eigenvalue weighted by Crippen LogP contribution is -2.47. The number of pyridine rings is 1. The third-order valence-corrected chi connectivity index (χ3v) is 7.48. The Kier molecular flexibility index (Phi) is 8.36. The number of rotatable bonds is 10. The minimum Gasteiger partial charge on any atom is -0.340 e. The number of nitrogens with one attached hydrogen (secondary N) is 2. The van der Waals surface area contributed by atoms with Crippen molar-refractivity contribution in [3.63, 3.8) is 0 Å². The van der Waals surface area contributed by atoms with Crippen LogP contribution in [-0.4, -0.2) is 58.4 Å². The number of amides is 2. The van der Waals surface area contributed by atoms with E-state index in [1.807, 2.05) is 13.8 Å². The molecular weight excluding hydrogens is 468 g/mol. The molecule has 0 aliphatic carbocycles. The van der Waals surface area contributed by atoms with Crippen molar-refractivity contribution in [3.8, 4) is 5.82 Å². The van der Waals surface area contributed by atoms with E-state index >= 15 is 0 Å². The molecule has 0 radical (unpaired) electrons. The summed E-state index contributed by atoms with van der Waals surface area (Å²) in [6.07, 6.45) is 4.91. The van der Waals surface area contributed by atoms with Crippen LogP contribution in [0.4, 0.5) is 5.69 Å². The van der Waals surface area contributed by atoms with Gasteiger partial charge in [-0.25, -0.2) is 18.1 Å². The maximum Gasteiger partial charge on any atom is 0.251 e. The van der Waals surface area contributed by atoms with Crippen molar-refractivity contribution < 1.29 is 18.0 Å². The quantitative estimate of drug-likeness (QED) is 0.443. The van der Waals surface area contributed by atoms with Crippen molar-refractivity contribution in [2.24, 2.45) is 5.92 Å². The molecule has 1 atom stereocenters. The van der Waals surface area contributed by atoms with Crippen molar-refractivity contribution in [1.82, 2.24) is 24.4 Å². The molecule has 2 heterocycles. The van der Waals surface area contributed by atoms with E-state index in [1.54, 1.807) is 49.1 Å². The second-order valence-electron chi connectivity index (χ2n) is 8.16. The highest BCUT2D eigenvalue weighted by Gasteiger charge is 2.27. The molecule has 0 saturated heterocycles. The summed E-state index contributed by atoms with van der Waals surface area (Å²) in [5.41, 5.74) is 0.625. The van der Waals surface area contributed by atoms with Crippen LogP contribution in [0.5, 0.6) is 0 Å². The minimum absolute atomic E-state index is 0.0303. The normalized spacial score (nSPS) is 12.5. The van der Waals surface area contributed by atoms with Crippen molar-refractivity contribution in [1.29, 1.82) is 0 Å². The van der Waals surface area contributed by atoms with E-state index in [0.29, 0.717) is 24.6 Å². The van der Waals surface area contributed by atoms with E-state index in [1.165, 1.54) is 34.8 Å². The van der Waals surface area contributed by atoms with Gasteiger partial charge in [-0.2, -0.15) is 9.40 Å². The molecule has 35 heavy (non-hydrogen) atoms. The molecule has 3 rings (SSSR count). The number of carbonyl (C=O) groups is 2. The van der Waals surface area contributed by atoms with Gasteiger partial charge in [0, 0.05) is 31.0 Å². The summed E-state index contributed by atoms with van der Waals surface area (Å²) in [7, 11) is -3.72. The van der Waals surface area contributed by atoms with E-state index in [0.717, 1.165) is 0 Å². The zero-order valence-corrected chi connectivity index (χ0v) is 21.0. The van der Waals surface area contributed by atoms with Crippen LogP contribution in [0.25, 0.3) is 5.82 Å². The highest BCUT2D eigenvalue weighted by Crippen LogP contribution is 2.18. The number of nitrogens with zero attached hydrogens (tertiary/aromatic N) is 4. The maximum absolute atomic E-state index is 13.0. The lowest BCUT2D eigenvalue weighted by Gasteiger charge is -2.22. The summed E-state index contributed by atoms with van der Waals surface area (Å²) >= 11 is 0. The fraction of sp³-hybridized carbons (Fsp3) is 0.333. The molecule has 186 valence electrons. The van der Waals surface area contributed by atoms with E-state index in [2.05, 4.69) is 20.7 Å². The average molecular weight is 499 g/mol. The standard InChI is InChI=1S/C24H30N6O4S/c1-5-29(6-2)35(33,34)20-10-7-9-18(15-20)23(31)28-22(17(3)4)24(32)27-19-11-12-21(25-16-19)30-14-8-13-26-30/h7-17,22H,5-6H2,1-4H3,(H,27,32)(H,28,31). The summed E-state index contributed by atoms with van der Waals surface area (Å²) in [5, 5.41) is 9.61. The van der Waals surface area contributed by atoms with Crippen LogP contribution in [0.2, 0.25) is 0 Å². The zero-order chi connectivity index (χ0) is 25.6. The minimum atomic E-state index is -3.72. The topological polar surface area (TPSA) is 126 Å². The summed E-state index contributed by atoms with van der Waals surface area (Å²) in [6.45, 7) is 7.77. The van der Waals surface area contributed by atoms with Gasteiger partial charge in [-0.1, -0.05) is 33.8 Å². The number of hydrogen-bond donors (Lipinski definition) is 2. The first-order valence-corrected chi connectivity index (χ1v) is 12.8. The van der Waals surface area contributed by atoms with Crippen LogP contribution < -0.4 is 10.6 Å². The zero-order valence-electron chi connectivity index (χ0n) is 20.2. The highest BCUT2D eigenvalue weighted by molar-refractivity contribution is 7.89. The molecule has 2 amide bonds. The number of aromatic nitrogens is 3. The first kappa shape index (κ1) is 26.0. The summed E-state index contributed by atoms with van der Waals surface area (Å²) < 4.78 is 28.6. The third kappa shape index (κ3) is 6.11. The molecule has 10 nitrogen and oxygen atoms in total. The van der Waals surface area contributed by atoms with Crippen LogP contribution >= 0.6 is 0 Å². The van der Waals surface area contributed by atoms with E-state index in [-0.39, 0.29) is 16.4 Å². The van der Waals surface area contributed by atoms with Crippen LogP contribution in [0.3, 0.4) is 0 Å². The lowest BCUT2D eigenvalue weighted by molar-refractivity contribution is -0.118. The number of anilines is 1. The Bertz CT molecular complexity index is 1250. The Morgan fingerprint density at radius 3 is 2.40 bits per heavy atom. The lowest BCUT2D eigenvalue weighted by atomic mass is 10.0. The second kappa shape index (κ2) is 11.2. The fourth-order valence-electron chi connectivity index (χ4n) is 3.49. The molecule has 0 saturated carbocycles.